The van der Waals surface area contributed by atoms with Gasteiger partial charge < -0.3 is 20.0 Å². The Labute approximate surface area is 172 Å². The van der Waals surface area contributed by atoms with E-state index in [9.17, 15) is 4.79 Å². The first-order valence-corrected chi connectivity index (χ1v) is 8.76. The van der Waals surface area contributed by atoms with Gasteiger partial charge >= 0.3 is 0 Å². The molecular weight excluding hydrogens is 443 g/mol. The lowest BCUT2D eigenvalue weighted by molar-refractivity contribution is -0.123. The van der Waals surface area contributed by atoms with Gasteiger partial charge in [-0.25, -0.2) is 0 Å². The number of rotatable bonds is 7. The van der Waals surface area contributed by atoms with E-state index >= 15 is 0 Å². The zero-order valence-electron chi connectivity index (χ0n) is 15.9. The molecule has 1 aromatic carbocycles. The quantitative estimate of drug-likeness (QED) is 0.281. The fourth-order valence-electron chi connectivity index (χ4n) is 2.44. The third-order valence-electron chi connectivity index (χ3n) is 3.76. The molecule has 0 aliphatic rings. The molecule has 144 valence electrons. The standard InChI is InChI=1S/C19H28N4O2.HI/c1-5-20-19(22-11-10-21-18(24)14(2)3)23(4)13-16-12-15-8-6-7-9-17(15)25-16;/h6-9,12,14H,5,10-11,13H2,1-4H3,(H,20,22)(H,21,24);1H. The van der Waals surface area contributed by atoms with Crippen LogP contribution in [-0.4, -0.2) is 43.4 Å². The predicted octanol–water partition coefficient (Wildman–Crippen LogP) is 3.22. The number of furan rings is 1. The van der Waals surface area contributed by atoms with Crippen molar-refractivity contribution in [2.75, 3.05) is 26.7 Å². The van der Waals surface area contributed by atoms with Crippen molar-refractivity contribution in [3.05, 3.63) is 36.1 Å². The van der Waals surface area contributed by atoms with Crippen molar-refractivity contribution in [3.63, 3.8) is 0 Å². The van der Waals surface area contributed by atoms with E-state index in [1.807, 2.05) is 57.0 Å². The molecule has 0 saturated carbocycles. The molecule has 2 N–H and O–H groups in total. The van der Waals surface area contributed by atoms with Crippen LogP contribution < -0.4 is 10.6 Å². The topological polar surface area (TPSA) is 69.9 Å². The molecule has 0 bridgehead atoms. The molecule has 0 spiro atoms. The molecule has 0 radical (unpaired) electrons. The van der Waals surface area contributed by atoms with E-state index in [1.165, 1.54) is 0 Å². The van der Waals surface area contributed by atoms with E-state index in [0.717, 1.165) is 29.2 Å². The molecule has 26 heavy (non-hydrogen) atoms. The largest absolute Gasteiger partial charge is 0.459 e. The van der Waals surface area contributed by atoms with Gasteiger partial charge in [0.05, 0.1) is 13.1 Å². The number of carbonyl (C=O) groups is 1. The lowest BCUT2D eigenvalue weighted by Gasteiger charge is -2.21. The summed E-state index contributed by atoms with van der Waals surface area (Å²) >= 11 is 0. The van der Waals surface area contributed by atoms with Crippen LogP contribution in [0.2, 0.25) is 0 Å². The maximum atomic E-state index is 11.6. The van der Waals surface area contributed by atoms with Crippen LogP contribution in [0.1, 0.15) is 26.5 Å². The molecule has 1 heterocycles. The molecule has 2 rings (SSSR count). The van der Waals surface area contributed by atoms with Crippen LogP contribution in [0.25, 0.3) is 11.0 Å². The fourth-order valence-corrected chi connectivity index (χ4v) is 2.44. The van der Waals surface area contributed by atoms with Gasteiger partial charge in [0.15, 0.2) is 5.96 Å². The predicted molar refractivity (Wildman–Crippen MR) is 117 cm³/mol. The van der Waals surface area contributed by atoms with E-state index in [2.05, 4.69) is 21.7 Å². The number of hydrogen-bond donors (Lipinski definition) is 2. The first-order valence-electron chi connectivity index (χ1n) is 8.76. The van der Waals surface area contributed by atoms with Crippen molar-refractivity contribution in [1.82, 2.24) is 15.5 Å². The van der Waals surface area contributed by atoms with Gasteiger partial charge in [0, 0.05) is 31.4 Å². The first kappa shape index (κ1) is 22.3. The first-order chi connectivity index (χ1) is 12.0. The average Bonchev–Trinajstić information content (AvgIpc) is 2.99. The highest BCUT2D eigenvalue weighted by Gasteiger charge is 2.10. The Bertz CT molecular complexity index is 694. The lowest BCUT2D eigenvalue weighted by atomic mass is 10.2. The Kier molecular flexibility index (Phi) is 9.47. The van der Waals surface area contributed by atoms with Gasteiger partial charge in [-0.15, -0.1) is 24.0 Å². The number of halogens is 1. The summed E-state index contributed by atoms with van der Waals surface area (Å²) in [6.45, 7) is 8.26. The summed E-state index contributed by atoms with van der Waals surface area (Å²) in [6, 6.07) is 10.0. The SMILES string of the molecule is CCNC(=NCCNC(=O)C(C)C)N(C)Cc1cc2ccccc2o1.I. The highest BCUT2D eigenvalue weighted by molar-refractivity contribution is 14.0. The van der Waals surface area contributed by atoms with Crippen molar-refractivity contribution < 1.29 is 9.21 Å². The fraction of sp³-hybridized carbons (Fsp3) is 0.474. The number of amides is 1. The Morgan fingerprint density at radius 3 is 2.65 bits per heavy atom. The minimum absolute atomic E-state index is 0. The second-order valence-corrected chi connectivity index (χ2v) is 6.29. The van der Waals surface area contributed by atoms with Gasteiger partial charge in [-0.2, -0.15) is 0 Å². The van der Waals surface area contributed by atoms with Crippen LogP contribution in [0.15, 0.2) is 39.7 Å². The van der Waals surface area contributed by atoms with Crippen LogP contribution in [0.4, 0.5) is 0 Å². The molecule has 0 aliphatic carbocycles. The van der Waals surface area contributed by atoms with Crippen molar-refractivity contribution >= 4 is 46.8 Å². The molecule has 2 aromatic rings. The van der Waals surface area contributed by atoms with E-state index in [-0.39, 0.29) is 35.8 Å². The number of hydrogen-bond acceptors (Lipinski definition) is 3. The van der Waals surface area contributed by atoms with Crippen molar-refractivity contribution in [2.45, 2.75) is 27.3 Å². The average molecular weight is 472 g/mol. The Morgan fingerprint density at radius 2 is 2.00 bits per heavy atom. The van der Waals surface area contributed by atoms with E-state index < -0.39 is 0 Å². The number of fused-ring (bicyclic) bond motifs is 1. The maximum Gasteiger partial charge on any atom is 0.222 e. The zero-order valence-corrected chi connectivity index (χ0v) is 18.2. The molecular formula is C19H29IN4O2. The van der Waals surface area contributed by atoms with Crippen LogP contribution in [-0.2, 0) is 11.3 Å². The maximum absolute atomic E-state index is 11.6. The van der Waals surface area contributed by atoms with Crippen molar-refractivity contribution in [3.8, 4) is 0 Å². The highest BCUT2D eigenvalue weighted by Crippen LogP contribution is 2.19. The molecule has 7 heteroatoms. The minimum Gasteiger partial charge on any atom is -0.459 e. The van der Waals surface area contributed by atoms with Gasteiger partial charge in [-0.3, -0.25) is 9.79 Å². The van der Waals surface area contributed by atoms with Crippen LogP contribution in [0.5, 0.6) is 0 Å². The van der Waals surface area contributed by atoms with Gasteiger partial charge in [-0.1, -0.05) is 32.0 Å². The van der Waals surface area contributed by atoms with Crippen LogP contribution in [0, 0.1) is 5.92 Å². The zero-order chi connectivity index (χ0) is 18.2. The van der Waals surface area contributed by atoms with Gasteiger partial charge in [0.25, 0.3) is 0 Å². The monoisotopic (exact) mass is 472 g/mol. The molecule has 1 aromatic heterocycles. The second kappa shape index (κ2) is 11.1. The summed E-state index contributed by atoms with van der Waals surface area (Å²) in [5.41, 5.74) is 0.893. The molecule has 0 fully saturated rings. The number of aliphatic imine (C=N–C) groups is 1. The number of guanidine groups is 1. The van der Waals surface area contributed by atoms with Crippen molar-refractivity contribution in [1.29, 1.82) is 0 Å². The molecule has 6 nitrogen and oxygen atoms in total. The summed E-state index contributed by atoms with van der Waals surface area (Å²) < 4.78 is 5.87. The lowest BCUT2D eigenvalue weighted by Crippen LogP contribution is -2.39. The number of para-hydroxylation sites is 1. The Hall–Kier alpha value is -1.77. The molecule has 0 atom stereocenters. The summed E-state index contributed by atoms with van der Waals surface area (Å²) in [6.07, 6.45) is 0. The Morgan fingerprint density at radius 1 is 1.27 bits per heavy atom. The summed E-state index contributed by atoms with van der Waals surface area (Å²) in [5.74, 6) is 1.73. The van der Waals surface area contributed by atoms with Crippen LogP contribution >= 0.6 is 24.0 Å². The molecule has 0 unspecified atom stereocenters. The smallest absolute Gasteiger partial charge is 0.222 e. The third kappa shape index (κ3) is 6.51. The van der Waals surface area contributed by atoms with E-state index in [1.54, 1.807) is 0 Å². The minimum atomic E-state index is -0.00650. The second-order valence-electron chi connectivity index (χ2n) is 6.29. The number of nitrogens with one attached hydrogen (secondary N) is 2. The molecule has 0 saturated heterocycles. The Balaban J connectivity index is 0.00000338. The summed E-state index contributed by atoms with van der Waals surface area (Å²) in [7, 11) is 1.97. The highest BCUT2D eigenvalue weighted by atomic mass is 127. The van der Waals surface area contributed by atoms with Crippen molar-refractivity contribution in [2.24, 2.45) is 10.9 Å². The van der Waals surface area contributed by atoms with E-state index in [0.29, 0.717) is 19.6 Å². The molecule has 1 amide bonds. The number of benzene rings is 1. The normalized spacial score (nSPS) is 11.3. The van der Waals surface area contributed by atoms with Gasteiger partial charge in [0.2, 0.25) is 5.91 Å². The summed E-state index contributed by atoms with van der Waals surface area (Å²) in [4.78, 5) is 18.2. The van der Waals surface area contributed by atoms with Crippen LogP contribution in [0.3, 0.4) is 0 Å². The van der Waals surface area contributed by atoms with E-state index in [4.69, 9.17) is 4.42 Å². The van der Waals surface area contributed by atoms with Gasteiger partial charge in [0.1, 0.15) is 11.3 Å². The van der Waals surface area contributed by atoms with Gasteiger partial charge in [-0.05, 0) is 19.1 Å². The number of nitrogens with zero attached hydrogens (tertiary/aromatic N) is 2. The molecule has 0 aliphatic heterocycles. The number of carbonyl (C=O) groups excluding carboxylic acids is 1. The third-order valence-corrected chi connectivity index (χ3v) is 3.76. The summed E-state index contributed by atoms with van der Waals surface area (Å²) in [5, 5.41) is 7.25.